The summed E-state index contributed by atoms with van der Waals surface area (Å²) in [6, 6.07) is 12.7. The van der Waals surface area contributed by atoms with Crippen molar-refractivity contribution in [1.29, 1.82) is 0 Å². The monoisotopic (exact) mass is 291 g/mol. The average Bonchev–Trinajstić information content (AvgIpc) is 2.88. The molecule has 6 heteroatoms. The number of alkyl halides is 3. The van der Waals surface area contributed by atoms with E-state index in [1.54, 1.807) is 12.4 Å². The Labute approximate surface area is 119 Å². The molecule has 21 heavy (non-hydrogen) atoms. The number of benzene rings is 2. The zero-order valence-electron chi connectivity index (χ0n) is 10.9. The number of hydrogen-bond acceptors (Lipinski definition) is 2. The summed E-state index contributed by atoms with van der Waals surface area (Å²) in [4.78, 5) is 4.23. The molecule has 0 aliphatic heterocycles. The van der Waals surface area contributed by atoms with Crippen LogP contribution in [-0.2, 0) is 12.8 Å². The Bertz CT molecular complexity index is 762. The van der Waals surface area contributed by atoms with E-state index in [2.05, 4.69) is 10.3 Å². The minimum absolute atomic E-state index is 0.349. The van der Waals surface area contributed by atoms with E-state index in [1.807, 2.05) is 28.8 Å². The van der Waals surface area contributed by atoms with Crippen molar-refractivity contribution in [3.63, 3.8) is 0 Å². The molecule has 0 saturated carbocycles. The highest BCUT2D eigenvalue weighted by Gasteiger charge is 2.30. The van der Waals surface area contributed by atoms with Gasteiger partial charge in [0.15, 0.2) is 0 Å². The maximum atomic E-state index is 12.6. The Balaban J connectivity index is 1.79. The summed E-state index contributed by atoms with van der Waals surface area (Å²) in [5.41, 5.74) is 1.53. The van der Waals surface area contributed by atoms with Crippen LogP contribution in [-0.4, -0.2) is 9.55 Å². The maximum Gasteiger partial charge on any atom is 0.416 e. The summed E-state index contributed by atoms with van der Waals surface area (Å²) in [5.74, 6) is 0. The van der Waals surface area contributed by atoms with Crippen molar-refractivity contribution in [3.05, 3.63) is 60.4 Å². The Morgan fingerprint density at radius 3 is 2.67 bits per heavy atom. The first-order valence-electron chi connectivity index (χ1n) is 6.35. The first kappa shape index (κ1) is 13.5. The van der Waals surface area contributed by atoms with E-state index in [1.165, 1.54) is 6.07 Å². The molecule has 3 aromatic rings. The minimum Gasteiger partial charge on any atom is -0.367 e. The molecule has 0 saturated heterocycles. The van der Waals surface area contributed by atoms with Crippen LogP contribution in [0.3, 0.4) is 0 Å². The van der Waals surface area contributed by atoms with Gasteiger partial charge in [0, 0.05) is 5.69 Å². The zero-order valence-corrected chi connectivity index (χ0v) is 10.9. The fourth-order valence-corrected chi connectivity index (χ4v) is 2.12. The lowest BCUT2D eigenvalue weighted by Crippen LogP contribution is -2.09. The Morgan fingerprint density at radius 2 is 1.86 bits per heavy atom. The quantitative estimate of drug-likeness (QED) is 0.786. The fraction of sp³-hybridized carbons (Fsp3) is 0.133. The van der Waals surface area contributed by atoms with Gasteiger partial charge < -0.3 is 9.88 Å². The number of para-hydroxylation sites is 2. The van der Waals surface area contributed by atoms with Crippen molar-refractivity contribution in [2.75, 3.05) is 5.32 Å². The van der Waals surface area contributed by atoms with Crippen molar-refractivity contribution in [2.45, 2.75) is 12.8 Å². The molecule has 0 unspecified atom stereocenters. The summed E-state index contributed by atoms with van der Waals surface area (Å²) >= 11 is 0. The molecule has 0 aliphatic rings. The molecular weight excluding hydrogens is 279 g/mol. The Hall–Kier alpha value is -2.50. The fourth-order valence-electron chi connectivity index (χ4n) is 2.12. The topological polar surface area (TPSA) is 29.9 Å². The van der Waals surface area contributed by atoms with Gasteiger partial charge in [0.05, 0.1) is 29.6 Å². The first-order valence-corrected chi connectivity index (χ1v) is 6.35. The minimum atomic E-state index is -4.33. The summed E-state index contributed by atoms with van der Waals surface area (Å²) in [7, 11) is 0. The predicted molar refractivity (Wildman–Crippen MR) is 74.8 cm³/mol. The summed E-state index contributed by atoms with van der Waals surface area (Å²) in [5, 5.41) is 2.97. The van der Waals surface area contributed by atoms with E-state index in [4.69, 9.17) is 0 Å². The second kappa shape index (κ2) is 5.12. The third-order valence-electron chi connectivity index (χ3n) is 3.17. The van der Waals surface area contributed by atoms with Crippen LogP contribution in [0.2, 0.25) is 0 Å². The lowest BCUT2D eigenvalue weighted by molar-refractivity contribution is -0.137. The predicted octanol–water partition coefficient (Wildman–Crippen LogP) is 4.12. The third-order valence-corrected chi connectivity index (χ3v) is 3.17. The lowest BCUT2D eigenvalue weighted by atomic mass is 10.2. The van der Waals surface area contributed by atoms with Gasteiger partial charge >= 0.3 is 6.18 Å². The SMILES string of the molecule is FC(F)(F)c1cccc(NCn2cnc3ccccc32)c1. The molecular formula is C15H12F3N3. The van der Waals surface area contributed by atoms with Crippen LogP contribution in [0.4, 0.5) is 18.9 Å². The number of hydrogen-bond donors (Lipinski definition) is 1. The van der Waals surface area contributed by atoms with Gasteiger partial charge in [-0.05, 0) is 30.3 Å². The average molecular weight is 291 g/mol. The molecule has 1 N–H and O–H groups in total. The largest absolute Gasteiger partial charge is 0.416 e. The number of aromatic nitrogens is 2. The molecule has 0 atom stereocenters. The standard InChI is InChI=1S/C15H12F3N3/c16-15(17,18)11-4-3-5-12(8-11)19-9-21-10-20-13-6-1-2-7-14(13)21/h1-8,10,19H,9H2. The van der Waals surface area contributed by atoms with Gasteiger partial charge in [0.1, 0.15) is 0 Å². The molecule has 1 heterocycles. The number of nitrogens with zero attached hydrogens (tertiary/aromatic N) is 2. The summed E-state index contributed by atoms with van der Waals surface area (Å²) in [6.07, 6.45) is -2.68. The van der Waals surface area contributed by atoms with Crippen LogP contribution in [0.15, 0.2) is 54.9 Å². The second-order valence-corrected chi connectivity index (χ2v) is 4.62. The van der Waals surface area contributed by atoms with Crippen LogP contribution >= 0.6 is 0 Å². The molecule has 108 valence electrons. The van der Waals surface area contributed by atoms with Gasteiger partial charge in [-0.15, -0.1) is 0 Å². The van der Waals surface area contributed by atoms with Gasteiger partial charge in [-0.3, -0.25) is 0 Å². The number of imidazole rings is 1. The molecule has 0 bridgehead atoms. The molecule has 3 nitrogen and oxygen atoms in total. The smallest absolute Gasteiger partial charge is 0.367 e. The van der Waals surface area contributed by atoms with Crippen molar-refractivity contribution < 1.29 is 13.2 Å². The van der Waals surface area contributed by atoms with Crippen LogP contribution in [0.1, 0.15) is 5.56 Å². The second-order valence-electron chi connectivity index (χ2n) is 4.62. The van der Waals surface area contributed by atoms with E-state index in [0.717, 1.165) is 23.2 Å². The van der Waals surface area contributed by atoms with E-state index < -0.39 is 11.7 Å². The Kier molecular flexibility index (Phi) is 3.29. The number of nitrogens with one attached hydrogen (secondary N) is 1. The lowest BCUT2D eigenvalue weighted by Gasteiger charge is -2.11. The Morgan fingerprint density at radius 1 is 1.05 bits per heavy atom. The van der Waals surface area contributed by atoms with E-state index in [-0.39, 0.29) is 0 Å². The van der Waals surface area contributed by atoms with Gasteiger partial charge in [-0.2, -0.15) is 13.2 Å². The highest BCUT2D eigenvalue weighted by molar-refractivity contribution is 5.75. The molecule has 0 spiro atoms. The molecule has 0 radical (unpaired) electrons. The van der Waals surface area contributed by atoms with Gasteiger partial charge in [-0.25, -0.2) is 4.98 Å². The summed E-state index contributed by atoms with van der Waals surface area (Å²) < 4.78 is 39.8. The zero-order chi connectivity index (χ0) is 14.9. The highest BCUT2D eigenvalue weighted by atomic mass is 19.4. The van der Waals surface area contributed by atoms with Crippen LogP contribution in [0.5, 0.6) is 0 Å². The summed E-state index contributed by atoms with van der Waals surface area (Å²) in [6.45, 7) is 0.349. The number of anilines is 1. The molecule has 2 aromatic carbocycles. The van der Waals surface area contributed by atoms with Crippen molar-refractivity contribution in [3.8, 4) is 0 Å². The molecule has 3 rings (SSSR count). The maximum absolute atomic E-state index is 12.6. The normalized spacial score (nSPS) is 11.8. The van der Waals surface area contributed by atoms with E-state index in [0.29, 0.717) is 12.4 Å². The van der Waals surface area contributed by atoms with Crippen LogP contribution in [0.25, 0.3) is 11.0 Å². The molecule has 0 fully saturated rings. The molecule has 0 aliphatic carbocycles. The number of fused-ring (bicyclic) bond motifs is 1. The van der Waals surface area contributed by atoms with Crippen LogP contribution < -0.4 is 5.32 Å². The van der Waals surface area contributed by atoms with Crippen molar-refractivity contribution in [2.24, 2.45) is 0 Å². The number of halogens is 3. The van der Waals surface area contributed by atoms with E-state index in [9.17, 15) is 13.2 Å². The first-order chi connectivity index (χ1) is 10.0. The van der Waals surface area contributed by atoms with Gasteiger partial charge in [0.2, 0.25) is 0 Å². The van der Waals surface area contributed by atoms with Gasteiger partial charge in [0.25, 0.3) is 0 Å². The van der Waals surface area contributed by atoms with Crippen molar-refractivity contribution in [1.82, 2.24) is 9.55 Å². The highest BCUT2D eigenvalue weighted by Crippen LogP contribution is 2.30. The van der Waals surface area contributed by atoms with E-state index >= 15 is 0 Å². The molecule has 0 amide bonds. The number of rotatable bonds is 3. The van der Waals surface area contributed by atoms with Gasteiger partial charge in [-0.1, -0.05) is 18.2 Å². The molecule has 1 aromatic heterocycles. The van der Waals surface area contributed by atoms with Crippen molar-refractivity contribution >= 4 is 16.7 Å². The van der Waals surface area contributed by atoms with Crippen LogP contribution in [0, 0.1) is 0 Å². The third kappa shape index (κ3) is 2.84.